The van der Waals surface area contributed by atoms with Crippen LogP contribution < -0.4 is 4.90 Å². The molecule has 0 saturated carbocycles. The lowest BCUT2D eigenvalue weighted by atomic mass is 10.1. The first-order chi connectivity index (χ1) is 9.19. The second kappa shape index (κ2) is 5.14. The Morgan fingerprint density at radius 2 is 2.05 bits per heavy atom. The molecule has 1 aliphatic heterocycles. The molecule has 98 valence electrons. The van der Waals surface area contributed by atoms with Crippen LogP contribution in [0.25, 0.3) is 0 Å². The summed E-state index contributed by atoms with van der Waals surface area (Å²) >= 11 is 9.64. The number of alkyl halides is 1. The normalized spacial score (nSPS) is 13.7. The minimum atomic E-state index is -0.200. The summed E-state index contributed by atoms with van der Waals surface area (Å²) in [5.74, 6) is -0.200. The highest BCUT2D eigenvalue weighted by molar-refractivity contribution is 9.08. The van der Waals surface area contributed by atoms with Gasteiger partial charge >= 0.3 is 0 Å². The molecule has 3 rings (SSSR count). The molecule has 19 heavy (non-hydrogen) atoms. The van der Waals surface area contributed by atoms with Gasteiger partial charge in [0.1, 0.15) is 5.82 Å². The van der Waals surface area contributed by atoms with Gasteiger partial charge in [0.25, 0.3) is 0 Å². The van der Waals surface area contributed by atoms with Gasteiger partial charge < -0.3 is 4.90 Å². The molecule has 0 spiro atoms. The van der Waals surface area contributed by atoms with E-state index in [4.69, 9.17) is 11.6 Å². The highest BCUT2D eigenvalue weighted by Gasteiger charge is 2.21. The highest BCUT2D eigenvalue weighted by atomic mass is 79.9. The van der Waals surface area contributed by atoms with Crippen molar-refractivity contribution in [1.82, 2.24) is 0 Å². The smallest absolute Gasteiger partial charge is 0.125 e. The monoisotopic (exact) mass is 339 g/mol. The standard InChI is InChI=1S/C15H12BrClFN/c16-9-11-2-4-13(8-14(11)17)19-6-5-10-1-3-12(18)7-15(10)19/h1-4,7-8H,5-6,9H2. The molecule has 0 N–H and O–H groups in total. The fraction of sp³-hybridized carbons (Fsp3) is 0.200. The average Bonchev–Trinajstić information content (AvgIpc) is 2.81. The van der Waals surface area contributed by atoms with E-state index < -0.39 is 0 Å². The van der Waals surface area contributed by atoms with Crippen LogP contribution in [0.2, 0.25) is 5.02 Å². The van der Waals surface area contributed by atoms with Crippen LogP contribution in [0.5, 0.6) is 0 Å². The van der Waals surface area contributed by atoms with Crippen LogP contribution in [-0.2, 0) is 11.8 Å². The molecular formula is C15H12BrClFN. The predicted molar refractivity (Wildman–Crippen MR) is 81.2 cm³/mol. The van der Waals surface area contributed by atoms with Crippen molar-refractivity contribution in [3.05, 3.63) is 58.4 Å². The first kappa shape index (κ1) is 12.9. The maximum Gasteiger partial charge on any atom is 0.125 e. The minimum absolute atomic E-state index is 0.200. The zero-order chi connectivity index (χ0) is 13.4. The van der Waals surface area contributed by atoms with Gasteiger partial charge in [-0.15, -0.1) is 0 Å². The van der Waals surface area contributed by atoms with Gasteiger partial charge in [0.05, 0.1) is 0 Å². The molecule has 0 aromatic heterocycles. The minimum Gasteiger partial charge on any atom is -0.341 e. The third-order valence-corrected chi connectivity index (χ3v) is 4.39. The third kappa shape index (κ3) is 2.37. The van der Waals surface area contributed by atoms with Crippen molar-refractivity contribution in [2.45, 2.75) is 11.8 Å². The molecule has 0 bridgehead atoms. The molecule has 1 heterocycles. The second-order valence-electron chi connectivity index (χ2n) is 4.58. The van der Waals surface area contributed by atoms with Crippen molar-refractivity contribution in [3.8, 4) is 0 Å². The molecular weight excluding hydrogens is 329 g/mol. The van der Waals surface area contributed by atoms with E-state index in [0.717, 1.165) is 40.3 Å². The van der Waals surface area contributed by atoms with E-state index >= 15 is 0 Å². The molecule has 0 saturated heterocycles. The lowest BCUT2D eigenvalue weighted by Gasteiger charge is -2.20. The zero-order valence-corrected chi connectivity index (χ0v) is 12.5. The Labute approximate surface area is 125 Å². The van der Waals surface area contributed by atoms with E-state index in [9.17, 15) is 4.39 Å². The molecule has 4 heteroatoms. The molecule has 0 atom stereocenters. The van der Waals surface area contributed by atoms with E-state index in [1.165, 1.54) is 11.6 Å². The lowest BCUT2D eigenvalue weighted by molar-refractivity contribution is 0.628. The van der Waals surface area contributed by atoms with Crippen LogP contribution >= 0.6 is 27.5 Å². The molecule has 2 aromatic carbocycles. The van der Waals surface area contributed by atoms with Gasteiger partial charge in [-0.25, -0.2) is 4.39 Å². The van der Waals surface area contributed by atoms with Crippen LogP contribution in [0.3, 0.4) is 0 Å². The summed E-state index contributed by atoms with van der Waals surface area (Å²) in [5.41, 5.74) is 4.20. The SMILES string of the molecule is Fc1ccc2c(c1)N(c1ccc(CBr)c(Cl)c1)CC2. The first-order valence-corrected chi connectivity index (χ1v) is 7.59. The van der Waals surface area contributed by atoms with Crippen molar-refractivity contribution in [3.63, 3.8) is 0 Å². The van der Waals surface area contributed by atoms with Crippen LogP contribution in [0, 0.1) is 5.82 Å². The van der Waals surface area contributed by atoms with Gasteiger partial charge in [-0.05, 0) is 41.8 Å². The summed E-state index contributed by atoms with van der Waals surface area (Å²) in [7, 11) is 0. The lowest BCUT2D eigenvalue weighted by Crippen LogP contribution is -2.13. The van der Waals surface area contributed by atoms with E-state index in [2.05, 4.69) is 20.8 Å². The summed E-state index contributed by atoms with van der Waals surface area (Å²) in [6.07, 6.45) is 0.938. The highest BCUT2D eigenvalue weighted by Crippen LogP contribution is 2.36. The van der Waals surface area contributed by atoms with Crippen LogP contribution in [0.4, 0.5) is 15.8 Å². The van der Waals surface area contributed by atoms with Crippen LogP contribution in [0.1, 0.15) is 11.1 Å². The number of anilines is 2. The Balaban J connectivity index is 2.01. The molecule has 0 radical (unpaired) electrons. The zero-order valence-electron chi connectivity index (χ0n) is 10.2. The maximum absolute atomic E-state index is 13.4. The first-order valence-electron chi connectivity index (χ1n) is 6.09. The van der Waals surface area contributed by atoms with Crippen molar-refractivity contribution in [1.29, 1.82) is 0 Å². The molecule has 0 fully saturated rings. The number of hydrogen-bond donors (Lipinski definition) is 0. The van der Waals surface area contributed by atoms with Crippen molar-refractivity contribution in [2.75, 3.05) is 11.4 Å². The van der Waals surface area contributed by atoms with Crippen molar-refractivity contribution < 1.29 is 4.39 Å². The topological polar surface area (TPSA) is 3.24 Å². The summed E-state index contributed by atoms with van der Waals surface area (Å²) in [6, 6.07) is 10.9. The molecule has 1 nitrogen and oxygen atoms in total. The number of halogens is 3. The summed E-state index contributed by atoms with van der Waals surface area (Å²) in [5, 5.41) is 1.47. The number of hydrogen-bond acceptors (Lipinski definition) is 1. The maximum atomic E-state index is 13.4. The Morgan fingerprint density at radius 3 is 2.79 bits per heavy atom. The van der Waals surface area contributed by atoms with Gasteiger partial charge in [-0.1, -0.05) is 39.7 Å². The largest absolute Gasteiger partial charge is 0.341 e. The van der Waals surface area contributed by atoms with E-state index in [1.54, 1.807) is 6.07 Å². The molecule has 0 aliphatic carbocycles. The van der Waals surface area contributed by atoms with Gasteiger partial charge in [0, 0.05) is 28.3 Å². The van der Waals surface area contributed by atoms with Gasteiger partial charge in [-0.2, -0.15) is 0 Å². The van der Waals surface area contributed by atoms with Gasteiger partial charge in [0.2, 0.25) is 0 Å². The van der Waals surface area contributed by atoms with E-state index in [-0.39, 0.29) is 5.82 Å². The summed E-state index contributed by atoms with van der Waals surface area (Å²) < 4.78 is 13.4. The predicted octanol–water partition coefficient (Wildman–Crippen LogP) is 5.07. The fourth-order valence-electron chi connectivity index (χ4n) is 2.43. The fourth-order valence-corrected chi connectivity index (χ4v) is 3.33. The summed E-state index contributed by atoms with van der Waals surface area (Å²) in [4.78, 5) is 2.11. The van der Waals surface area contributed by atoms with Gasteiger partial charge in [0.15, 0.2) is 0 Å². The number of benzene rings is 2. The Kier molecular flexibility index (Phi) is 3.50. The number of rotatable bonds is 2. The molecule has 1 aliphatic rings. The number of fused-ring (bicyclic) bond motifs is 1. The van der Waals surface area contributed by atoms with Crippen LogP contribution in [-0.4, -0.2) is 6.54 Å². The van der Waals surface area contributed by atoms with Crippen molar-refractivity contribution >= 4 is 38.9 Å². The number of nitrogens with zero attached hydrogens (tertiary/aromatic N) is 1. The molecule has 0 unspecified atom stereocenters. The van der Waals surface area contributed by atoms with Crippen molar-refractivity contribution in [2.24, 2.45) is 0 Å². The summed E-state index contributed by atoms with van der Waals surface area (Å²) in [6.45, 7) is 0.864. The molecule has 0 amide bonds. The molecule has 2 aromatic rings. The Hall–Kier alpha value is -1.06. The van der Waals surface area contributed by atoms with E-state index in [1.807, 2.05) is 24.3 Å². The van der Waals surface area contributed by atoms with E-state index in [0.29, 0.717) is 0 Å². The second-order valence-corrected chi connectivity index (χ2v) is 5.55. The van der Waals surface area contributed by atoms with Gasteiger partial charge in [-0.3, -0.25) is 0 Å². The average molecular weight is 341 g/mol. The van der Waals surface area contributed by atoms with Crippen LogP contribution in [0.15, 0.2) is 36.4 Å². The Morgan fingerprint density at radius 1 is 1.21 bits per heavy atom. The Bertz CT molecular complexity index is 630. The third-order valence-electron chi connectivity index (χ3n) is 3.44. The quantitative estimate of drug-likeness (QED) is 0.690.